The van der Waals surface area contributed by atoms with Crippen LogP contribution in [0.2, 0.25) is 10.0 Å². The Hall–Kier alpha value is -1.46. The molecule has 1 aromatic rings. The number of piperidine rings is 1. The van der Waals surface area contributed by atoms with Crippen LogP contribution in [-0.4, -0.2) is 36.0 Å². The van der Waals surface area contributed by atoms with Crippen molar-refractivity contribution in [3.05, 3.63) is 33.8 Å². The molecule has 166 valence electrons. The van der Waals surface area contributed by atoms with Crippen molar-refractivity contribution in [1.82, 2.24) is 15.5 Å². The maximum absolute atomic E-state index is 12.8. The molecule has 1 aromatic carbocycles. The number of nitrogens with zero attached hydrogens (tertiary/aromatic N) is 1. The Morgan fingerprint density at radius 1 is 0.933 bits per heavy atom. The Kier molecular flexibility index (Phi) is 9.13. The summed E-state index contributed by atoms with van der Waals surface area (Å²) in [5.74, 6) is 0.291. The number of carbonyl (C=O) groups is 2. The number of urea groups is 1. The first-order valence-corrected chi connectivity index (χ1v) is 12.1. The van der Waals surface area contributed by atoms with Crippen molar-refractivity contribution >= 4 is 35.1 Å². The van der Waals surface area contributed by atoms with Crippen LogP contribution < -0.4 is 10.6 Å². The van der Waals surface area contributed by atoms with E-state index in [4.69, 9.17) is 23.2 Å². The fourth-order valence-corrected chi connectivity index (χ4v) is 4.97. The van der Waals surface area contributed by atoms with E-state index in [1.165, 1.54) is 19.3 Å². The van der Waals surface area contributed by atoms with Crippen molar-refractivity contribution in [1.29, 1.82) is 0 Å². The molecule has 1 aliphatic heterocycles. The van der Waals surface area contributed by atoms with E-state index in [0.29, 0.717) is 29.7 Å². The van der Waals surface area contributed by atoms with E-state index in [1.54, 1.807) is 12.1 Å². The summed E-state index contributed by atoms with van der Waals surface area (Å²) in [6.45, 7) is 1.60. The minimum Gasteiger partial charge on any atom is -0.354 e. The van der Waals surface area contributed by atoms with Gasteiger partial charge in [0, 0.05) is 35.6 Å². The fraction of sp³-hybridized carbons (Fsp3) is 0.652. The van der Waals surface area contributed by atoms with Gasteiger partial charge in [-0.05, 0) is 49.8 Å². The van der Waals surface area contributed by atoms with E-state index in [-0.39, 0.29) is 23.9 Å². The molecular formula is C23H33Cl2N3O2. The highest BCUT2D eigenvalue weighted by molar-refractivity contribution is 6.35. The molecule has 1 atom stereocenters. The zero-order valence-electron chi connectivity index (χ0n) is 17.6. The number of nitrogens with one attached hydrogen (secondary N) is 2. The van der Waals surface area contributed by atoms with Crippen LogP contribution in [-0.2, 0) is 11.3 Å². The number of rotatable bonds is 5. The van der Waals surface area contributed by atoms with E-state index in [0.717, 1.165) is 50.5 Å². The van der Waals surface area contributed by atoms with Crippen LogP contribution in [0.4, 0.5) is 4.79 Å². The zero-order chi connectivity index (χ0) is 21.3. The lowest BCUT2D eigenvalue weighted by Crippen LogP contribution is -2.53. The monoisotopic (exact) mass is 453 g/mol. The maximum atomic E-state index is 12.8. The molecule has 2 fully saturated rings. The first-order valence-electron chi connectivity index (χ1n) is 11.3. The second-order valence-electron chi connectivity index (χ2n) is 8.52. The molecule has 0 spiro atoms. The van der Waals surface area contributed by atoms with Gasteiger partial charge in [-0.3, -0.25) is 4.79 Å². The van der Waals surface area contributed by atoms with E-state index in [2.05, 4.69) is 10.6 Å². The van der Waals surface area contributed by atoms with E-state index < -0.39 is 0 Å². The fourth-order valence-electron chi connectivity index (χ4n) is 4.50. The van der Waals surface area contributed by atoms with Crippen LogP contribution in [0, 0.1) is 5.92 Å². The molecule has 1 saturated heterocycles. The number of hydrogen-bond donors (Lipinski definition) is 2. The van der Waals surface area contributed by atoms with E-state index in [1.807, 2.05) is 11.0 Å². The summed E-state index contributed by atoms with van der Waals surface area (Å²) in [7, 11) is 0. The molecule has 3 rings (SSSR count). The summed E-state index contributed by atoms with van der Waals surface area (Å²) in [4.78, 5) is 27.4. The highest BCUT2D eigenvalue weighted by Gasteiger charge is 2.28. The van der Waals surface area contributed by atoms with Gasteiger partial charge in [0.15, 0.2) is 0 Å². The molecule has 7 heteroatoms. The molecule has 3 amide bonds. The highest BCUT2D eigenvalue weighted by Crippen LogP contribution is 2.23. The summed E-state index contributed by atoms with van der Waals surface area (Å²) in [6.07, 6.45) is 11.0. The molecule has 5 nitrogen and oxygen atoms in total. The minimum atomic E-state index is -0.106. The van der Waals surface area contributed by atoms with Crippen LogP contribution in [0.15, 0.2) is 18.2 Å². The Balaban J connectivity index is 1.50. The lowest BCUT2D eigenvalue weighted by Gasteiger charge is -2.36. The molecule has 30 heavy (non-hydrogen) atoms. The Bertz CT molecular complexity index is 720. The molecule has 0 aromatic heterocycles. The van der Waals surface area contributed by atoms with Crippen molar-refractivity contribution in [2.45, 2.75) is 76.8 Å². The molecule has 1 heterocycles. The van der Waals surface area contributed by atoms with Crippen molar-refractivity contribution in [3.63, 3.8) is 0 Å². The van der Waals surface area contributed by atoms with E-state index >= 15 is 0 Å². The van der Waals surface area contributed by atoms with Gasteiger partial charge in [-0.1, -0.05) is 61.4 Å². The van der Waals surface area contributed by atoms with Crippen LogP contribution >= 0.6 is 23.2 Å². The Labute approximate surface area is 189 Å². The van der Waals surface area contributed by atoms with Gasteiger partial charge in [0.05, 0.1) is 6.04 Å². The lowest BCUT2D eigenvalue weighted by molar-refractivity contribution is -0.125. The number of hydrogen-bond acceptors (Lipinski definition) is 2. The van der Waals surface area contributed by atoms with E-state index in [9.17, 15) is 9.59 Å². The molecule has 2 aliphatic rings. The molecule has 0 radical (unpaired) electrons. The molecule has 1 unspecified atom stereocenters. The summed E-state index contributed by atoms with van der Waals surface area (Å²) < 4.78 is 0. The van der Waals surface area contributed by atoms with Crippen molar-refractivity contribution < 1.29 is 9.59 Å². The topological polar surface area (TPSA) is 61.4 Å². The van der Waals surface area contributed by atoms with Gasteiger partial charge in [0.25, 0.3) is 0 Å². The first kappa shape index (κ1) is 23.2. The van der Waals surface area contributed by atoms with Gasteiger partial charge in [0.2, 0.25) is 5.91 Å². The summed E-state index contributed by atoms with van der Waals surface area (Å²) >= 11 is 12.2. The predicted octanol–water partition coefficient (Wildman–Crippen LogP) is 5.53. The first-order chi connectivity index (χ1) is 14.5. The second kappa shape index (κ2) is 11.8. The minimum absolute atomic E-state index is 0.0388. The number of likely N-dealkylation sites (tertiary alicyclic amines) is 1. The smallest absolute Gasteiger partial charge is 0.317 e. The SMILES string of the molecule is O=C(NCC1CCCCN1C(=O)NCc1ccc(Cl)cc1Cl)C1CCCCCCC1. The van der Waals surface area contributed by atoms with Gasteiger partial charge in [-0.2, -0.15) is 0 Å². The lowest BCUT2D eigenvalue weighted by atomic mass is 9.90. The number of amides is 3. The third kappa shape index (κ3) is 6.78. The number of carbonyl (C=O) groups excluding carboxylic acids is 2. The van der Waals surface area contributed by atoms with Crippen molar-refractivity contribution in [2.24, 2.45) is 5.92 Å². The average Bonchev–Trinajstić information content (AvgIpc) is 2.71. The van der Waals surface area contributed by atoms with Gasteiger partial charge in [0.1, 0.15) is 0 Å². The number of benzene rings is 1. The standard InChI is InChI=1S/C23H33Cl2N3O2/c24-19-12-11-18(21(25)14-19)15-27-23(30)28-13-7-6-10-20(28)16-26-22(29)17-8-4-2-1-3-5-9-17/h11-12,14,17,20H,1-10,13,15-16H2,(H,26,29)(H,27,30). The normalized spacial score (nSPS) is 20.9. The molecule has 2 N–H and O–H groups in total. The molecular weight excluding hydrogens is 421 g/mol. The molecule has 0 bridgehead atoms. The van der Waals surface area contributed by atoms with Crippen LogP contribution in [0.1, 0.15) is 69.8 Å². The van der Waals surface area contributed by atoms with Crippen molar-refractivity contribution in [2.75, 3.05) is 13.1 Å². The summed E-state index contributed by atoms with van der Waals surface area (Å²) in [5.41, 5.74) is 0.834. The largest absolute Gasteiger partial charge is 0.354 e. The molecule has 1 saturated carbocycles. The number of halogens is 2. The second-order valence-corrected chi connectivity index (χ2v) is 9.37. The van der Waals surface area contributed by atoms with Gasteiger partial charge in [-0.15, -0.1) is 0 Å². The van der Waals surface area contributed by atoms with Gasteiger partial charge in [-0.25, -0.2) is 4.79 Å². The van der Waals surface area contributed by atoms with Crippen LogP contribution in [0.5, 0.6) is 0 Å². The van der Waals surface area contributed by atoms with Gasteiger partial charge < -0.3 is 15.5 Å². The van der Waals surface area contributed by atoms with Crippen molar-refractivity contribution in [3.8, 4) is 0 Å². The predicted molar refractivity (Wildman–Crippen MR) is 122 cm³/mol. The van der Waals surface area contributed by atoms with Crippen LogP contribution in [0.25, 0.3) is 0 Å². The summed E-state index contributed by atoms with van der Waals surface area (Å²) in [6, 6.07) is 5.21. The third-order valence-corrected chi connectivity index (χ3v) is 6.91. The highest BCUT2D eigenvalue weighted by atomic mass is 35.5. The maximum Gasteiger partial charge on any atom is 0.317 e. The molecule has 1 aliphatic carbocycles. The summed E-state index contributed by atoms with van der Waals surface area (Å²) in [5, 5.41) is 7.24. The zero-order valence-corrected chi connectivity index (χ0v) is 19.1. The van der Waals surface area contributed by atoms with Crippen LogP contribution in [0.3, 0.4) is 0 Å². The third-order valence-electron chi connectivity index (χ3n) is 6.32. The average molecular weight is 454 g/mol. The quantitative estimate of drug-likeness (QED) is 0.614. The van der Waals surface area contributed by atoms with Gasteiger partial charge >= 0.3 is 6.03 Å². The Morgan fingerprint density at radius 3 is 2.37 bits per heavy atom. The Morgan fingerprint density at radius 2 is 1.63 bits per heavy atom.